The van der Waals surface area contributed by atoms with Gasteiger partial charge in [0.15, 0.2) is 0 Å². The zero-order chi connectivity index (χ0) is 29.0. The summed E-state index contributed by atoms with van der Waals surface area (Å²) >= 11 is 0. The van der Waals surface area contributed by atoms with Gasteiger partial charge in [0, 0.05) is 23.5 Å². The van der Waals surface area contributed by atoms with Crippen LogP contribution >= 0.6 is 21.6 Å². The molecule has 0 aliphatic rings. The lowest BCUT2D eigenvalue weighted by molar-refractivity contribution is -0.143. The van der Waals surface area contributed by atoms with E-state index in [0.717, 1.165) is 24.1 Å². The second kappa shape index (κ2) is 15.7. The molecule has 0 saturated carbocycles. The third-order valence-corrected chi connectivity index (χ3v) is 9.14. The monoisotopic (exact) mass is 607 g/mol. The van der Waals surface area contributed by atoms with Gasteiger partial charge < -0.3 is 18.9 Å². The Morgan fingerprint density at radius 2 is 1.60 bits per heavy atom. The first-order valence-corrected chi connectivity index (χ1v) is 16.5. The molecule has 40 heavy (non-hydrogen) atoms. The molecule has 1 N–H and O–H groups in total. The summed E-state index contributed by atoms with van der Waals surface area (Å²) in [4.78, 5) is 25.6. The fraction of sp³-hybridized carbons (Fsp3) is 0.370. The second-order valence-corrected chi connectivity index (χ2v) is 13.2. The molecule has 0 spiro atoms. The third kappa shape index (κ3) is 9.88. The van der Waals surface area contributed by atoms with E-state index in [1.165, 1.54) is 33.7 Å². The highest BCUT2D eigenvalue weighted by molar-refractivity contribution is 8.76. The Bertz CT molecular complexity index is 1350. The van der Waals surface area contributed by atoms with Crippen LogP contribution in [0.1, 0.15) is 18.6 Å². The predicted octanol–water partition coefficient (Wildman–Crippen LogP) is 5.00. The van der Waals surface area contributed by atoms with Crippen molar-refractivity contribution in [3.05, 3.63) is 60.4 Å². The van der Waals surface area contributed by atoms with Crippen LogP contribution in [0, 0.1) is 6.92 Å². The number of hydrogen-bond acceptors (Lipinski definition) is 11. The summed E-state index contributed by atoms with van der Waals surface area (Å²) in [5, 5.41) is 4.15. The van der Waals surface area contributed by atoms with Gasteiger partial charge in [0.2, 0.25) is 0 Å². The maximum absolute atomic E-state index is 12.6. The Morgan fingerprint density at radius 1 is 0.950 bits per heavy atom. The number of sulfonamides is 1. The molecule has 216 valence electrons. The van der Waals surface area contributed by atoms with Crippen molar-refractivity contribution in [2.75, 3.05) is 45.4 Å². The van der Waals surface area contributed by atoms with Gasteiger partial charge in [-0.3, -0.25) is 4.79 Å². The van der Waals surface area contributed by atoms with Crippen LogP contribution in [-0.2, 0) is 24.3 Å². The van der Waals surface area contributed by atoms with Crippen LogP contribution in [0.2, 0.25) is 0 Å². The Morgan fingerprint density at radius 3 is 2.25 bits per heavy atom. The number of esters is 1. The van der Waals surface area contributed by atoms with E-state index in [1.807, 2.05) is 61.0 Å². The highest BCUT2D eigenvalue weighted by Gasteiger charge is 2.21. The molecule has 1 aromatic heterocycles. The molecular weight excluding hydrogens is 575 g/mol. The third-order valence-electron chi connectivity index (χ3n) is 5.48. The van der Waals surface area contributed by atoms with Crippen molar-refractivity contribution in [1.82, 2.24) is 14.8 Å². The molecule has 10 nitrogen and oxygen atoms in total. The smallest absolute Gasteiger partial charge is 0.421 e. The summed E-state index contributed by atoms with van der Waals surface area (Å²) in [5.74, 6) is 1.48. The number of carbonyl (C=O) groups is 2. The number of nitrogens with one attached hydrogen (secondary N) is 1. The molecule has 2 aromatic carbocycles. The van der Waals surface area contributed by atoms with Gasteiger partial charge >= 0.3 is 12.1 Å². The number of carbonyl (C=O) groups excluding carboxylic acids is 2. The number of aromatic nitrogens is 1. The average molecular weight is 608 g/mol. The fourth-order valence-corrected chi connectivity index (χ4v) is 6.14. The Labute approximate surface area is 242 Å². The van der Waals surface area contributed by atoms with Gasteiger partial charge in [-0.2, -0.15) is 0 Å². The molecule has 0 bridgehead atoms. The first kappa shape index (κ1) is 31.5. The summed E-state index contributed by atoms with van der Waals surface area (Å²) in [6.45, 7) is 2.98. The first-order chi connectivity index (χ1) is 19.2. The van der Waals surface area contributed by atoms with Crippen molar-refractivity contribution in [2.45, 2.75) is 24.7 Å². The number of nitrogens with zero attached hydrogens (tertiary/aromatic N) is 2. The minimum absolute atomic E-state index is 0.0239. The molecule has 1 heterocycles. The standard InChI is InChI=1S/C27H33N3O7S3/c1-20-25(21-8-5-4-6-9-21)26(28-37-20)22-11-13-23(14-12-22)40(33,34)29-27(32)36-17-19-39-38-18-16-35-24(31)10-7-15-30(2)3/h4-6,8-9,11-14H,7,10,15-19H2,1-3H3,(H,29,32). The summed E-state index contributed by atoms with van der Waals surface area (Å²) in [6, 6.07) is 15.6. The van der Waals surface area contributed by atoms with Crippen molar-refractivity contribution in [3.8, 4) is 22.4 Å². The quantitative estimate of drug-likeness (QED) is 0.142. The van der Waals surface area contributed by atoms with Crippen molar-refractivity contribution in [3.63, 3.8) is 0 Å². The van der Waals surface area contributed by atoms with E-state index in [1.54, 1.807) is 12.1 Å². The van der Waals surface area contributed by atoms with E-state index in [2.05, 4.69) is 5.16 Å². The normalized spacial score (nSPS) is 11.4. The Balaban J connectivity index is 1.39. The molecule has 0 fully saturated rings. The first-order valence-electron chi connectivity index (χ1n) is 12.5. The number of hydrogen-bond donors (Lipinski definition) is 1. The maximum Gasteiger partial charge on any atom is 0.421 e. The van der Waals surface area contributed by atoms with Crippen LogP contribution in [0.3, 0.4) is 0 Å². The number of rotatable bonds is 15. The molecule has 0 aliphatic heterocycles. The summed E-state index contributed by atoms with van der Waals surface area (Å²) in [5.41, 5.74) is 3.02. The zero-order valence-electron chi connectivity index (χ0n) is 22.6. The zero-order valence-corrected chi connectivity index (χ0v) is 25.1. The van der Waals surface area contributed by atoms with E-state index >= 15 is 0 Å². The van der Waals surface area contributed by atoms with Gasteiger partial charge in [-0.1, -0.05) is 69.2 Å². The number of benzene rings is 2. The van der Waals surface area contributed by atoms with E-state index in [-0.39, 0.29) is 17.5 Å². The minimum Gasteiger partial charge on any atom is -0.465 e. The van der Waals surface area contributed by atoms with Crippen LogP contribution in [0.4, 0.5) is 4.79 Å². The van der Waals surface area contributed by atoms with E-state index < -0.39 is 16.1 Å². The predicted molar refractivity (Wildman–Crippen MR) is 157 cm³/mol. The molecule has 13 heteroatoms. The molecule has 3 rings (SSSR count). The number of ether oxygens (including phenoxy) is 2. The molecule has 1 amide bonds. The molecular formula is C27H33N3O7S3. The Kier molecular flexibility index (Phi) is 12.4. The van der Waals surface area contributed by atoms with Crippen LogP contribution < -0.4 is 4.72 Å². The van der Waals surface area contributed by atoms with E-state index in [0.29, 0.717) is 41.6 Å². The lowest BCUT2D eigenvalue weighted by atomic mass is 10.00. The van der Waals surface area contributed by atoms with Crippen molar-refractivity contribution in [2.24, 2.45) is 0 Å². The van der Waals surface area contributed by atoms with Crippen LogP contribution in [0.25, 0.3) is 22.4 Å². The molecule has 3 aromatic rings. The Hall–Kier alpha value is -3.00. The second-order valence-electron chi connectivity index (χ2n) is 8.87. The summed E-state index contributed by atoms with van der Waals surface area (Å²) in [6.07, 6.45) is 0.0918. The van der Waals surface area contributed by atoms with Crippen molar-refractivity contribution >= 4 is 43.7 Å². The van der Waals surface area contributed by atoms with Crippen molar-refractivity contribution in [1.29, 1.82) is 0 Å². The molecule has 0 saturated heterocycles. The van der Waals surface area contributed by atoms with Gasteiger partial charge in [-0.15, -0.1) is 0 Å². The van der Waals surface area contributed by atoms with Crippen LogP contribution in [0.15, 0.2) is 64.0 Å². The number of aryl methyl sites for hydroxylation is 1. The molecule has 0 atom stereocenters. The van der Waals surface area contributed by atoms with E-state index in [9.17, 15) is 18.0 Å². The fourth-order valence-electron chi connectivity index (χ4n) is 3.59. The van der Waals surface area contributed by atoms with Gasteiger partial charge in [0.25, 0.3) is 10.0 Å². The SMILES string of the molecule is Cc1onc(-c2ccc(S(=O)(=O)NC(=O)OCCSSCCOC(=O)CCCN(C)C)cc2)c1-c1ccccc1. The highest BCUT2D eigenvalue weighted by Crippen LogP contribution is 2.34. The summed E-state index contributed by atoms with van der Waals surface area (Å²) in [7, 11) is 2.69. The van der Waals surface area contributed by atoms with Gasteiger partial charge in [0.1, 0.15) is 24.7 Å². The largest absolute Gasteiger partial charge is 0.465 e. The van der Waals surface area contributed by atoms with Gasteiger partial charge in [-0.25, -0.2) is 17.9 Å². The lowest BCUT2D eigenvalue weighted by Crippen LogP contribution is -2.31. The molecule has 0 unspecified atom stereocenters. The maximum atomic E-state index is 12.6. The van der Waals surface area contributed by atoms with Gasteiger partial charge in [0.05, 0.1) is 10.5 Å². The molecule has 0 aliphatic carbocycles. The van der Waals surface area contributed by atoms with Crippen LogP contribution in [-0.4, -0.2) is 75.9 Å². The average Bonchev–Trinajstić information content (AvgIpc) is 3.31. The van der Waals surface area contributed by atoms with Crippen molar-refractivity contribution < 1.29 is 32.0 Å². The topological polar surface area (TPSA) is 128 Å². The van der Waals surface area contributed by atoms with E-state index in [4.69, 9.17) is 14.0 Å². The number of amides is 1. The molecule has 0 radical (unpaired) electrons. The van der Waals surface area contributed by atoms with Gasteiger partial charge in [-0.05, 0) is 51.7 Å². The summed E-state index contributed by atoms with van der Waals surface area (Å²) < 4.78 is 42.8. The van der Waals surface area contributed by atoms with Crippen LogP contribution in [0.5, 0.6) is 0 Å². The minimum atomic E-state index is -4.12. The lowest BCUT2D eigenvalue weighted by Gasteiger charge is -2.09. The highest BCUT2D eigenvalue weighted by atomic mass is 33.1.